The molecule has 3 rings (SSSR count). The molecule has 2 aromatic carbocycles. The summed E-state index contributed by atoms with van der Waals surface area (Å²) in [5.41, 5.74) is 0.899. The Morgan fingerprint density at radius 3 is 2.03 bits per heavy atom. The van der Waals surface area contributed by atoms with Crippen LogP contribution in [0.15, 0.2) is 18.2 Å². The minimum atomic E-state index is -1.50. The second kappa shape index (κ2) is 7.65. The van der Waals surface area contributed by atoms with Gasteiger partial charge < -0.3 is 15.1 Å². The number of carboxylic acids is 1. The molecule has 2 N–H and O–H groups in total. The molecule has 30 heavy (non-hydrogen) atoms. The second-order valence-electron chi connectivity index (χ2n) is 7.57. The lowest BCUT2D eigenvalue weighted by molar-refractivity contribution is 0.0693. The molecule has 9 heteroatoms. The smallest absolute Gasteiger partial charge is 0.338 e. The highest BCUT2D eigenvalue weighted by atomic mass is 35.5. The van der Waals surface area contributed by atoms with Crippen molar-refractivity contribution >= 4 is 69.4 Å². The van der Waals surface area contributed by atoms with E-state index in [-0.39, 0.29) is 31.9 Å². The molecule has 0 radical (unpaired) electrons. The molecule has 0 unspecified atom stereocenters. The predicted molar refractivity (Wildman–Crippen MR) is 121 cm³/mol. The van der Waals surface area contributed by atoms with Gasteiger partial charge in [0.05, 0.1) is 42.3 Å². The zero-order valence-electron chi connectivity index (χ0n) is 16.4. The third-order valence-corrected chi connectivity index (χ3v) is 7.09. The highest BCUT2D eigenvalue weighted by molar-refractivity contribution is 6.54. The summed E-state index contributed by atoms with van der Waals surface area (Å²) in [6, 6.07) is 2.97. The van der Waals surface area contributed by atoms with E-state index in [0.29, 0.717) is 0 Å². The van der Waals surface area contributed by atoms with Gasteiger partial charge in [-0.25, -0.2) is 4.79 Å². The van der Waals surface area contributed by atoms with Gasteiger partial charge in [-0.2, -0.15) is 0 Å². The first-order chi connectivity index (χ1) is 13.8. The number of rotatable bonds is 3. The van der Waals surface area contributed by atoms with Crippen molar-refractivity contribution < 1.29 is 19.8 Å². The topological polar surface area (TPSA) is 77.8 Å². The molecule has 1 aliphatic heterocycles. The summed E-state index contributed by atoms with van der Waals surface area (Å²) in [6.07, 6.45) is 2.03. The molecule has 0 aromatic heterocycles. The number of halogens is 4. The molecular formula is C21H17Cl4NO4. The number of carboxylic acid groups (broad SMARTS) is 1. The van der Waals surface area contributed by atoms with E-state index in [0.717, 1.165) is 16.8 Å². The first-order valence-corrected chi connectivity index (χ1v) is 10.2. The van der Waals surface area contributed by atoms with Crippen molar-refractivity contribution in [1.82, 2.24) is 0 Å². The lowest BCUT2D eigenvalue weighted by Crippen LogP contribution is -2.42. The number of aromatic carboxylic acids is 1. The molecule has 0 saturated heterocycles. The van der Waals surface area contributed by atoms with Crippen LogP contribution < -0.4 is 4.90 Å². The molecule has 2 aromatic rings. The number of carbonyl (C=O) groups is 2. The van der Waals surface area contributed by atoms with Crippen LogP contribution in [0.25, 0.3) is 5.57 Å². The van der Waals surface area contributed by atoms with Crippen LogP contribution in [0.2, 0.25) is 20.1 Å². The Bertz CT molecular complexity index is 1150. The highest BCUT2D eigenvalue weighted by Gasteiger charge is 2.33. The van der Waals surface area contributed by atoms with E-state index in [1.807, 2.05) is 38.8 Å². The number of allylic oxidation sites excluding steroid dienone is 1. The van der Waals surface area contributed by atoms with Crippen molar-refractivity contribution in [2.24, 2.45) is 0 Å². The number of carbonyl (C=O) groups excluding carboxylic acids is 1. The number of aromatic hydroxyl groups is 1. The zero-order valence-corrected chi connectivity index (χ0v) is 19.4. The average Bonchev–Trinajstić information content (AvgIpc) is 2.65. The minimum absolute atomic E-state index is 0.131. The van der Waals surface area contributed by atoms with Crippen LogP contribution in [0.4, 0.5) is 5.69 Å². The van der Waals surface area contributed by atoms with E-state index in [4.69, 9.17) is 46.4 Å². The fourth-order valence-corrected chi connectivity index (χ4v) is 4.57. The van der Waals surface area contributed by atoms with E-state index in [1.54, 1.807) is 0 Å². The van der Waals surface area contributed by atoms with Crippen molar-refractivity contribution in [2.75, 3.05) is 11.9 Å². The molecule has 0 aliphatic carbocycles. The molecule has 1 heterocycles. The number of phenols is 1. The number of nitrogens with zero attached hydrogens (tertiary/aromatic N) is 1. The van der Waals surface area contributed by atoms with Crippen LogP contribution in [-0.4, -0.2) is 34.6 Å². The van der Waals surface area contributed by atoms with E-state index < -0.39 is 27.9 Å². The van der Waals surface area contributed by atoms with Crippen LogP contribution in [-0.2, 0) is 0 Å². The Labute approximate surface area is 193 Å². The van der Waals surface area contributed by atoms with Gasteiger partial charge in [0.2, 0.25) is 0 Å². The maximum atomic E-state index is 13.3. The van der Waals surface area contributed by atoms with Gasteiger partial charge in [-0.05, 0) is 32.4 Å². The molecule has 0 saturated carbocycles. The van der Waals surface area contributed by atoms with E-state index in [1.165, 1.54) is 12.1 Å². The van der Waals surface area contributed by atoms with Gasteiger partial charge in [0, 0.05) is 24.4 Å². The number of anilines is 1. The van der Waals surface area contributed by atoms with Crippen molar-refractivity contribution in [3.63, 3.8) is 0 Å². The first-order valence-electron chi connectivity index (χ1n) is 8.74. The van der Waals surface area contributed by atoms with Crippen LogP contribution in [0.3, 0.4) is 0 Å². The van der Waals surface area contributed by atoms with E-state index >= 15 is 0 Å². The quantitative estimate of drug-likeness (QED) is 0.290. The van der Waals surface area contributed by atoms with Gasteiger partial charge >= 0.3 is 5.97 Å². The van der Waals surface area contributed by atoms with Crippen LogP contribution in [0, 0.1) is 0 Å². The van der Waals surface area contributed by atoms with Gasteiger partial charge in [0.15, 0.2) is 5.78 Å². The number of benzene rings is 2. The standard InChI is InChI=1S/C21H17Cl4NO4/c1-8-7-21(2,3)26(4)11-6-12(27)10(5-9(8)11)19(28)13-14(20(29)30)16(23)18(25)17(24)15(13)22/h5-7,27H,1-4H3,(H,29,30). The molecule has 1 aliphatic rings. The molecule has 0 amide bonds. The molecule has 158 valence electrons. The summed E-state index contributed by atoms with van der Waals surface area (Å²) in [7, 11) is 1.88. The Morgan fingerprint density at radius 2 is 1.50 bits per heavy atom. The average molecular weight is 489 g/mol. The van der Waals surface area contributed by atoms with Crippen molar-refractivity contribution in [2.45, 2.75) is 26.3 Å². The predicted octanol–water partition coefficient (Wildman–Crippen LogP) is 6.57. The molecule has 0 fully saturated rings. The number of phenolic OH excluding ortho intramolecular Hbond substituents is 1. The second-order valence-corrected chi connectivity index (χ2v) is 9.08. The van der Waals surface area contributed by atoms with Crippen LogP contribution >= 0.6 is 46.4 Å². The summed E-state index contributed by atoms with van der Waals surface area (Å²) >= 11 is 24.2. The summed E-state index contributed by atoms with van der Waals surface area (Å²) < 4.78 is 0. The van der Waals surface area contributed by atoms with Crippen molar-refractivity contribution in [3.05, 3.63) is 60.6 Å². The van der Waals surface area contributed by atoms with Gasteiger partial charge in [-0.1, -0.05) is 52.5 Å². The van der Waals surface area contributed by atoms with E-state index in [2.05, 4.69) is 0 Å². The fourth-order valence-electron chi connectivity index (χ4n) is 3.55. The number of hydrogen-bond acceptors (Lipinski definition) is 4. The van der Waals surface area contributed by atoms with Gasteiger partial charge in [0.25, 0.3) is 0 Å². The normalized spacial score (nSPS) is 14.9. The first kappa shape index (κ1) is 22.8. The lowest BCUT2D eigenvalue weighted by atomic mass is 9.87. The summed E-state index contributed by atoms with van der Waals surface area (Å²) in [4.78, 5) is 27.1. The third-order valence-electron chi connectivity index (χ3n) is 5.29. The molecular weight excluding hydrogens is 472 g/mol. The zero-order chi connectivity index (χ0) is 22.7. The monoisotopic (exact) mass is 487 g/mol. The van der Waals surface area contributed by atoms with Crippen molar-refractivity contribution in [3.8, 4) is 5.75 Å². The van der Waals surface area contributed by atoms with E-state index in [9.17, 15) is 19.8 Å². The summed E-state index contributed by atoms with van der Waals surface area (Å²) in [6.45, 7) is 5.93. The number of likely N-dealkylation sites (N-methyl/N-ethyl adjacent to an activating group) is 1. The highest BCUT2D eigenvalue weighted by Crippen LogP contribution is 2.45. The fraction of sp³-hybridized carbons (Fsp3) is 0.238. The van der Waals surface area contributed by atoms with Crippen molar-refractivity contribution in [1.29, 1.82) is 0 Å². The Morgan fingerprint density at radius 1 is 0.967 bits per heavy atom. The maximum Gasteiger partial charge on any atom is 0.338 e. The SMILES string of the molecule is CC1=CC(C)(C)N(C)c2cc(O)c(C(=O)c3c(Cl)c(Cl)c(Cl)c(Cl)c3C(=O)O)cc21. The largest absolute Gasteiger partial charge is 0.507 e. The number of fused-ring (bicyclic) bond motifs is 1. The van der Waals surface area contributed by atoms with Gasteiger partial charge in [-0.3, -0.25) is 4.79 Å². The third kappa shape index (κ3) is 3.44. The lowest BCUT2D eigenvalue weighted by Gasteiger charge is -2.40. The van der Waals surface area contributed by atoms with Gasteiger partial charge in [0.1, 0.15) is 5.75 Å². The Hall–Kier alpha value is -1.92. The summed E-state index contributed by atoms with van der Waals surface area (Å²) in [5.74, 6) is -2.66. The molecule has 5 nitrogen and oxygen atoms in total. The number of ketones is 1. The Balaban J connectivity index is 2.29. The summed E-state index contributed by atoms with van der Waals surface area (Å²) in [5, 5.41) is 19.0. The molecule has 0 atom stereocenters. The maximum absolute atomic E-state index is 13.3. The van der Waals surface area contributed by atoms with Gasteiger partial charge in [-0.15, -0.1) is 0 Å². The van der Waals surface area contributed by atoms with Crippen LogP contribution in [0.1, 0.15) is 52.6 Å². The van der Waals surface area contributed by atoms with Crippen LogP contribution in [0.5, 0.6) is 5.75 Å². The molecule has 0 spiro atoms. The number of hydrogen-bond donors (Lipinski definition) is 2. The molecule has 0 bridgehead atoms. The minimum Gasteiger partial charge on any atom is -0.507 e. The Kier molecular flexibility index (Phi) is 5.80.